The summed E-state index contributed by atoms with van der Waals surface area (Å²) in [5.41, 5.74) is 1.99. The largest absolute Gasteiger partial charge is 0.355 e. The molecule has 8 nitrogen and oxygen atoms in total. The predicted molar refractivity (Wildman–Crippen MR) is 124 cm³/mol. The van der Waals surface area contributed by atoms with E-state index in [0.29, 0.717) is 31.0 Å². The average Bonchev–Trinajstić information content (AvgIpc) is 3.53. The average molecular weight is 445 g/mol. The van der Waals surface area contributed by atoms with Gasteiger partial charge in [0.05, 0.1) is 11.6 Å². The topological polar surface area (TPSA) is 104 Å². The lowest BCUT2D eigenvalue weighted by Crippen LogP contribution is -2.50. The molecule has 1 aromatic carbocycles. The molecule has 3 aliphatic rings. The van der Waals surface area contributed by atoms with Gasteiger partial charge < -0.3 is 10.2 Å². The molecule has 0 radical (unpaired) electrons. The summed E-state index contributed by atoms with van der Waals surface area (Å²) in [5, 5.41) is 11.1. The molecule has 1 aliphatic heterocycles. The van der Waals surface area contributed by atoms with Crippen molar-refractivity contribution >= 4 is 34.2 Å². The SMILES string of the molecule is CC1(C)[C@@H]2CC[C@@]1(C(=O)NCCC1CN(c3ncnc4[nH]ncc34)c3ccccc31)C(=O)C2. The van der Waals surface area contributed by atoms with Gasteiger partial charge in [-0.2, -0.15) is 5.10 Å². The van der Waals surface area contributed by atoms with Gasteiger partial charge in [0, 0.05) is 31.1 Å². The van der Waals surface area contributed by atoms with E-state index in [-0.39, 0.29) is 23.0 Å². The Balaban J connectivity index is 1.20. The van der Waals surface area contributed by atoms with Crippen molar-refractivity contribution < 1.29 is 9.59 Å². The standard InChI is InChI=1S/C25H28N6O2/c1-24(2)16-7-9-25(24,20(32)11-16)23(33)26-10-8-15-13-31(19-6-4-3-5-17(15)19)22-18-12-29-30-21(18)27-14-28-22/h3-6,12,14-16H,7-11,13H2,1-2H3,(H,26,33)(H,27,28,29,30)/t15?,16-,25+/m1/s1. The Morgan fingerprint density at radius 1 is 1.27 bits per heavy atom. The highest BCUT2D eigenvalue weighted by molar-refractivity contribution is 6.09. The molecule has 3 heterocycles. The predicted octanol–water partition coefficient (Wildman–Crippen LogP) is 3.49. The van der Waals surface area contributed by atoms with Gasteiger partial charge in [-0.1, -0.05) is 32.0 Å². The van der Waals surface area contributed by atoms with Gasteiger partial charge in [0.1, 0.15) is 23.3 Å². The third kappa shape index (κ3) is 2.72. The highest BCUT2D eigenvalue weighted by atomic mass is 16.2. The zero-order chi connectivity index (χ0) is 22.8. The van der Waals surface area contributed by atoms with Crippen molar-refractivity contribution in [2.24, 2.45) is 16.7 Å². The number of ketones is 1. The van der Waals surface area contributed by atoms with E-state index in [0.717, 1.165) is 36.3 Å². The molecule has 2 aliphatic carbocycles. The van der Waals surface area contributed by atoms with Crippen molar-refractivity contribution in [3.8, 4) is 0 Å². The smallest absolute Gasteiger partial charge is 0.234 e. The van der Waals surface area contributed by atoms with Crippen LogP contribution < -0.4 is 10.2 Å². The maximum atomic E-state index is 13.3. The molecule has 2 N–H and O–H groups in total. The second-order valence-corrected chi connectivity index (χ2v) is 10.2. The summed E-state index contributed by atoms with van der Waals surface area (Å²) in [6, 6.07) is 8.35. The van der Waals surface area contributed by atoms with E-state index >= 15 is 0 Å². The maximum Gasteiger partial charge on any atom is 0.234 e. The number of aromatic amines is 1. The van der Waals surface area contributed by atoms with Crippen molar-refractivity contribution in [1.82, 2.24) is 25.5 Å². The number of benzene rings is 1. The summed E-state index contributed by atoms with van der Waals surface area (Å²) in [6.07, 6.45) is 6.32. The minimum Gasteiger partial charge on any atom is -0.355 e. The number of H-pyrrole nitrogens is 1. The Morgan fingerprint density at radius 2 is 2.12 bits per heavy atom. The number of fused-ring (bicyclic) bond motifs is 4. The van der Waals surface area contributed by atoms with Gasteiger partial charge in [0.15, 0.2) is 5.65 Å². The lowest BCUT2D eigenvalue weighted by atomic mass is 9.68. The Hall–Kier alpha value is -3.29. The molecule has 33 heavy (non-hydrogen) atoms. The van der Waals surface area contributed by atoms with Crippen LogP contribution in [0.5, 0.6) is 0 Å². The molecular formula is C25H28N6O2. The Labute approximate surface area is 192 Å². The summed E-state index contributed by atoms with van der Waals surface area (Å²) in [7, 11) is 0. The number of aromatic nitrogens is 4. The van der Waals surface area contributed by atoms with Crippen LogP contribution in [0.25, 0.3) is 11.0 Å². The van der Waals surface area contributed by atoms with Crippen LogP contribution in [0.1, 0.15) is 51.0 Å². The summed E-state index contributed by atoms with van der Waals surface area (Å²) >= 11 is 0. The van der Waals surface area contributed by atoms with Crippen LogP contribution in [0.15, 0.2) is 36.8 Å². The second kappa shape index (κ2) is 7.10. The van der Waals surface area contributed by atoms with E-state index in [2.05, 4.69) is 62.4 Å². The van der Waals surface area contributed by atoms with E-state index in [1.54, 1.807) is 12.5 Å². The fourth-order valence-electron chi connectivity index (χ4n) is 6.63. The lowest BCUT2D eigenvalue weighted by Gasteiger charge is -2.35. The van der Waals surface area contributed by atoms with Crippen LogP contribution in [0.2, 0.25) is 0 Å². The van der Waals surface area contributed by atoms with Crippen molar-refractivity contribution in [3.05, 3.63) is 42.4 Å². The summed E-state index contributed by atoms with van der Waals surface area (Å²) in [5.74, 6) is 1.48. The molecular weight excluding hydrogens is 416 g/mol. The van der Waals surface area contributed by atoms with Gasteiger partial charge >= 0.3 is 0 Å². The van der Waals surface area contributed by atoms with E-state index in [9.17, 15) is 9.59 Å². The van der Waals surface area contributed by atoms with Crippen LogP contribution >= 0.6 is 0 Å². The highest BCUT2D eigenvalue weighted by Crippen LogP contribution is 2.63. The number of Topliss-reactive ketones (excluding diaryl/α,β-unsaturated/α-hetero) is 1. The molecule has 2 bridgehead atoms. The number of carbonyl (C=O) groups is 2. The number of carbonyl (C=O) groups excluding carboxylic acids is 2. The first-order chi connectivity index (χ1) is 15.9. The van der Waals surface area contributed by atoms with E-state index in [1.807, 2.05) is 6.07 Å². The normalized spacial score (nSPS) is 27.3. The number of hydrogen-bond donors (Lipinski definition) is 2. The molecule has 2 saturated carbocycles. The van der Waals surface area contributed by atoms with Crippen LogP contribution in [0.4, 0.5) is 11.5 Å². The van der Waals surface area contributed by atoms with E-state index < -0.39 is 5.41 Å². The molecule has 3 aromatic rings. The third-order valence-corrected chi connectivity index (χ3v) is 8.62. The molecule has 170 valence electrons. The van der Waals surface area contributed by atoms with Gasteiger partial charge in [0.25, 0.3) is 0 Å². The fraction of sp³-hybridized carbons (Fsp3) is 0.480. The zero-order valence-electron chi connectivity index (χ0n) is 19.0. The number of hydrogen-bond acceptors (Lipinski definition) is 6. The molecule has 1 amide bonds. The maximum absolute atomic E-state index is 13.3. The van der Waals surface area contributed by atoms with E-state index in [1.165, 1.54) is 5.56 Å². The molecule has 2 aromatic heterocycles. The van der Waals surface area contributed by atoms with Crippen LogP contribution in [0.3, 0.4) is 0 Å². The van der Waals surface area contributed by atoms with Gasteiger partial charge in [-0.25, -0.2) is 9.97 Å². The summed E-state index contributed by atoms with van der Waals surface area (Å²) < 4.78 is 0. The summed E-state index contributed by atoms with van der Waals surface area (Å²) in [4.78, 5) is 37.1. The van der Waals surface area contributed by atoms with E-state index in [4.69, 9.17) is 0 Å². The quantitative estimate of drug-likeness (QED) is 0.584. The first kappa shape index (κ1) is 20.3. The molecule has 0 saturated heterocycles. The van der Waals surface area contributed by atoms with Crippen molar-refractivity contribution in [2.45, 2.75) is 45.4 Å². The fourth-order valence-corrected chi connectivity index (χ4v) is 6.63. The van der Waals surface area contributed by atoms with Gasteiger partial charge in [-0.15, -0.1) is 0 Å². The number of para-hydroxylation sites is 1. The monoisotopic (exact) mass is 444 g/mol. The van der Waals surface area contributed by atoms with Crippen LogP contribution in [-0.2, 0) is 9.59 Å². The molecule has 1 unspecified atom stereocenters. The van der Waals surface area contributed by atoms with Crippen molar-refractivity contribution in [2.75, 3.05) is 18.0 Å². The second-order valence-electron chi connectivity index (χ2n) is 10.2. The Morgan fingerprint density at radius 3 is 2.91 bits per heavy atom. The van der Waals surface area contributed by atoms with Gasteiger partial charge in [0.2, 0.25) is 5.91 Å². The molecule has 2 fully saturated rings. The van der Waals surface area contributed by atoms with Crippen LogP contribution in [-0.4, -0.2) is 44.9 Å². The first-order valence-electron chi connectivity index (χ1n) is 11.8. The molecule has 0 spiro atoms. The highest BCUT2D eigenvalue weighted by Gasteiger charge is 2.68. The Kier molecular flexibility index (Phi) is 4.38. The molecule has 6 rings (SSSR count). The summed E-state index contributed by atoms with van der Waals surface area (Å²) in [6.45, 7) is 5.51. The number of nitrogens with zero attached hydrogens (tertiary/aromatic N) is 4. The van der Waals surface area contributed by atoms with Crippen molar-refractivity contribution in [1.29, 1.82) is 0 Å². The van der Waals surface area contributed by atoms with Crippen LogP contribution in [0, 0.1) is 16.7 Å². The number of rotatable bonds is 5. The first-order valence-corrected chi connectivity index (χ1v) is 11.8. The Bertz CT molecular complexity index is 1270. The lowest BCUT2D eigenvalue weighted by molar-refractivity contribution is -0.144. The van der Waals surface area contributed by atoms with Gasteiger partial charge in [-0.3, -0.25) is 14.7 Å². The number of anilines is 2. The third-order valence-electron chi connectivity index (χ3n) is 8.62. The molecule has 8 heteroatoms. The van der Waals surface area contributed by atoms with Gasteiger partial charge in [-0.05, 0) is 42.2 Å². The minimum atomic E-state index is -0.842. The van der Waals surface area contributed by atoms with Crippen molar-refractivity contribution in [3.63, 3.8) is 0 Å². The minimum absolute atomic E-state index is 0.0726. The number of amides is 1. The zero-order valence-corrected chi connectivity index (χ0v) is 19.0. The number of nitrogens with one attached hydrogen (secondary N) is 2. The molecule has 3 atom stereocenters.